The van der Waals surface area contributed by atoms with Gasteiger partial charge in [0.25, 0.3) is 0 Å². The molecule has 5 heteroatoms. The van der Waals surface area contributed by atoms with Crippen molar-refractivity contribution in [3.8, 4) is 11.1 Å². The normalized spacial score (nSPS) is 14.2. The Kier molecular flexibility index (Phi) is 8.15. The van der Waals surface area contributed by atoms with Crippen molar-refractivity contribution in [2.45, 2.75) is 48.4 Å². The van der Waals surface area contributed by atoms with Crippen LogP contribution in [0.15, 0.2) is 130 Å². The molecule has 0 radical (unpaired) electrons. The molecule has 1 fully saturated rings. The van der Waals surface area contributed by atoms with E-state index in [0.717, 1.165) is 34.3 Å². The van der Waals surface area contributed by atoms with Crippen molar-refractivity contribution in [1.82, 2.24) is 0 Å². The number of anilines is 1. The summed E-state index contributed by atoms with van der Waals surface area (Å²) in [5.41, 5.74) is 5.64. The third-order valence-electron chi connectivity index (χ3n) is 7.39. The molecular weight excluding hydrogens is 554 g/mol. The zero-order valence-corrected chi connectivity index (χ0v) is 23.8. The van der Waals surface area contributed by atoms with E-state index in [4.69, 9.17) is 0 Å². The minimum atomic E-state index is -3.57. The zero-order valence-electron chi connectivity index (χ0n) is 21.4. The van der Waals surface area contributed by atoms with E-state index < -0.39 is 9.84 Å². The lowest BCUT2D eigenvalue weighted by molar-refractivity contribution is 0.396. The van der Waals surface area contributed by atoms with Crippen molar-refractivity contribution >= 4 is 31.5 Å². The monoisotopic (exact) mass is 585 g/mol. The predicted molar refractivity (Wildman–Crippen MR) is 160 cm³/mol. The average Bonchev–Trinajstić information content (AvgIpc) is 2.97. The molecule has 0 amide bonds. The fourth-order valence-electron chi connectivity index (χ4n) is 5.21. The lowest BCUT2D eigenvalue weighted by atomic mass is 9.86. The molecular formula is C33H32BrNO2S. The van der Waals surface area contributed by atoms with Crippen LogP contribution in [0, 0.1) is 5.92 Å². The summed E-state index contributed by atoms with van der Waals surface area (Å²) in [4.78, 5) is 2.91. The fourth-order valence-corrected chi connectivity index (χ4v) is 6.73. The molecule has 0 unspecified atom stereocenters. The van der Waals surface area contributed by atoms with Crippen molar-refractivity contribution in [3.63, 3.8) is 0 Å². The number of halogens is 1. The highest BCUT2D eigenvalue weighted by Gasteiger charge is 2.23. The van der Waals surface area contributed by atoms with Crippen LogP contribution in [0.25, 0.3) is 11.1 Å². The Labute approximate surface area is 234 Å². The molecule has 1 aliphatic rings. The smallest absolute Gasteiger partial charge is 0.206 e. The number of sulfone groups is 1. The molecule has 0 atom stereocenters. The summed E-state index contributed by atoms with van der Waals surface area (Å²) in [7, 11) is -3.57. The molecule has 0 heterocycles. The second kappa shape index (κ2) is 11.7. The van der Waals surface area contributed by atoms with Crippen molar-refractivity contribution in [2.75, 3.05) is 4.90 Å². The van der Waals surface area contributed by atoms with Gasteiger partial charge in [-0.3, -0.25) is 0 Å². The van der Waals surface area contributed by atoms with E-state index in [9.17, 15) is 8.42 Å². The second-order valence-corrected chi connectivity index (χ2v) is 12.8. The summed E-state index contributed by atoms with van der Waals surface area (Å²) in [6.45, 7) is 5.21. The van der Waals surface area contributed by atoms with E-state index in [1.54, 1.807) is 36.4 Å². The number of nitrogens with zero attached hydrogens (tertiary/aromatic N) is 1. The minimum absolute atomic E-state index is 0.290. The molecule has 4 aromatic carbocycles. The van der Waals surface area contributed by atoms with Crippen LogP contribution in [0.1, 0.15) is 37.7 Å². The lowest BCUT2D eigenvalue weighted by Crippen LogP contribution is -2.27. The Bertz CT molecular complexity index is 1490. The third kappa shape index (κ3) is 5.95. The SMILES string of the molecule is C=C(C1CCCCC1)N(Cc1ccc(S(=O)(=O)c2ccc(Br)cc2)cc1)c1cccc(-c2ccccc2)c1. The maximum atomic E-state index is 13.1. The van der Waals surface area contributed by atoms with Crippen LogP contribution >= 0.6 is 15.9 Å². The molecule has 0 aliphatic heterocycles. The van der Waals surface area contributed by atoms with Gasteiger partial charge in [0.05, 0.1) is 9.79 Å². The lowest BCUT2D eigenvalue weighted by Gasteiger charge is -2.34. The summed E-state index contributed by atoms with van der Waals surface area (Å²) in [5, 5.41) is 0. The van der Waals surface area contributed by atoms with Gasteiger partial charge >= 0.3 is 0 Å². The van der Waals surface area contributed by atoms with Gasteiger partial charge in [0.1, 0.15) is 0 Å². The molecule has 3 nitrogen and oxygen atoms in total. The fraction of sp³-hybridized carbons (Fsp3) is 0.212. The van der Waals surface area contributed by atoms with Crippen molar-refractivity contribution < 1.29 is 8.42 Å². The maximum absolute atomic E-state index is 13.1. The Morgan fingerprint density at radius 2 is 1.37 bits per heavy atom. The van der Waals surface area contributed by atoms with E-state index in [1.165, 1.54) is 30.4 Å². The summed E-state index contributed by atoms with van der Waals surface area (Å²) >= 11 is 3.37. The molecule has 194 valence electrons. The van der Waals surface area contributed by atoms with E-state index in [-0.39, 0.29) is 0 Å². The third-order valence-corrected chi connectivity index (χ3v) is 9.70. The Morgan fingerprint density at radius 3 is 2.03 bits per heavy atom. The second-order valence-electron chi connectivity index (χ2n) is 9.93. The predicted octanol–water partition coefficient (Wildman–Crippen LogP) is 9.05. The van der Waals surface area contributed by atoms with Gasteiger partial charge < -0.3 is 4.90 Å². The van der Waals surface area contributed by atoms with Crippen molar-refractivity contribution in [1.29, 1.82) is 0 Å². The highest BCUT2D eigenvalue weighted by Crippen LogP contribution is 2.35. The number of hydrogen-bond acceptors (Lipinski definition) is 3. The molecule has 0 N–H and O–H groups in total. The number of allylic oxidation sites excluding steroid dienone is 1. The first-order chi connectivity index (χ1) is 18.4. The highest BCUT2D eigenvalue weighted by molar-refractivity contribution is 9.10. The first-order valence-electron chi connectivity index (χ1n) is 13.1. The molecule has 5 rings (SSSR count). The summed E-state index contributed by atoms with van der Waals surface area (Å²) in [5.74, 6) is 0.459. The van der Waals surface area contributed by atoms with Gasteiger partial charge in [0.15, 0.2) is 0 Å². The average molecular weight is 587 g/mol. The van der Waals surface area contributed by atoms with E-state index in [0.29, 0.717) is 22.3 Å². The molecule has 0 saturated heterocycles. The first kappa shape index (κ1) is 26.5. The topological polar surface area (TPSA) is 37.4 Å². The van der Waals surface area contributed by atoms with Crippen molar-refractivity contribution in [2.24, 2.45) is 5.92 Å². The first-order valence-corrected chi connectivity index (χ1v) is 15.4. The number of hydrogen-bond donors (Lipinski definition) is 0. The van der Waals surface area contributed by atoms with Crippen LogP contribution in [-0.4, -0.2) is 8.42 Å². The van der Waals surface area contributed by atoms with Crippen LogP contribution in [0.2, 0.25) is 0 Å². The summed E-state index contributed by atoms with van der Waals surface area (Å²) < 4.78 is 27.1. The highest BCUT2D eigenvalue weighted by atomic mass is 79.9. The van der Waals surface area contributed by atoms with Crippen LogP contribution in [-0.2, 0) is 16.4 Å². The van der Waals surface area contributed by atoms with Crippen molar-refractivity contribution in [3.05, 3.63) is 125 Å². The van der Waals surface area contributed by atoms with Gasteiger partial charge in [-0.2, -0.15) is 0 Å². The molecule has 0 spiro atoms. The largest absolute Gasteiger partial charge is 0.341 e. The van der Waals surface area contributed by atoms with Gasteiger partial charge in [-0.1, -0.05) is 96.4 Å². The number of benzene rings is 4. The van der Waals surface area contributed by atoms with Gasteiger partial charge in [-0.25, -0.2) is 8.42 Å². The van der Waals surface area contributed by atoms with E-state index in [2.05, 4.69) is 75.9 Å². The quantitative estimate of drug-likeness (QED) is 0.207. The van der Waals surface area contributed by atoms with Gasteiger partial charge in [-0.15, -0.1) is 0 Å². The standard InChI is InChI=1S/C33H32BrNO2S/c1-25(27-9-4-2-5-10-27)35(31-14-8-13-29(23-31)28-11-6-3-7-12-28)24-26-15-19-32(20-16-26)38(36,37)33-21-17-30(34)18-22-33/h3,6-8,11-23,27H,1-2,4-5,9-10,24H2. The molecule has 4 aromatic rings. The Balaban J connectivity index is 1.44. The van der Waals surface area contributed by atoms with Gasteiger partial charge in [0, 0.05) is 22.4 Å². The molecule has 1 saturated carbocycles. The Hall–Kier alpha value is -3.15. The Morgan fingerprint density at radius 1 is 0.763 bits per heavy atom. The van der Waals surface area contributed by atoms with E-state index in [1.807, 2.05) is 18.2 Å². The molecule has 0 bridgehead atoms. The molecule has 38 heavy (non-hydrogen) atoms. The molecule has 1 aliphatic carbocycles. The van der Waals surface area contributed by atoms with Crippen LogP contribution < -0.4 is 4.90 Å². The van der Waals surface area contributed by atoms with E-state index >= 15 is 0 Å². The van der Waals surface area contributed by atoms with Gasteiger partial charge in [0.2, 0.25) is 9.84 Å². The number of rotatable bonds is 8. The summed E-state index contributed by atoms with van der Waals surface area (Å²) in [6.07, 6.45) is 6.10. The minimum Gasteiger partial charge on any atom is -0.341 e. The van der Waals surface area contributed by atoms with Crippen LogP contribution in [0.4, 0.5) is 5.69 Å². The molecule has 0 aromatic heterocycles. The maximum Gasteiger partial charge on any atom is 0.206 e. The van der Waals surface area contributed by atoms with Crippen LogP contribution in [0.5, 0.6) is 0 Å². The zero-order chi connectivity index (χ0) is 26.5. The van der Waals surface area contributed by atoms with Gasteiger partial charge in [-0.05, 0) is 84.0 Å². The van der Waals surface area contributed by atoms with Crippen LogP contribution in [0.3, 0.4) is 0 Å². The summed E-state index contributed by atoms with van der Waals surface area (Å²) in [6, 6.07) is 33.1.